The highest BCUT2D eigenvalue weighted by atomic mass is 32.1. The Morgan fingerprint density at radius 2 is 2.12 bits per heavy atom. The second-order valence-corrected chi connectivity index (χ2v) is 7.46. The maximum Gasteiger partial charge on any atom is 0.312 e. The Morgan fingerprint density at radius 1 is 1.27 bits per heavy atom. The molecule has 1 N–H and O–H groups in total. The molecule has 1 aromatic carbocycles. The molecule has 3 aromatic rings. The van der Waals surface area contributed by atoms with Gasteiger partial charge in [-0.1, -0.05) is 12.1 Å². The van der Waals surface area contributed by atoms with Crippen LogP contribution in [0, 0.1) is 6.92 Å². The Bertz CT molecular complexity index is 903. The van der Waals surface area contributed by atoms with E-state index in [1.54, 1.807) is 24.3 Å². The summed E-state index contributed by atoms with van der Waals surface area (Å²) >= 11 is 3.09. The molecule has 0 fully saturated rings. The number of benzene rings is 1. The van der Waals surface area contributed by atoms with Gasteiger partial charge >= 0.3 is 5.97 Å². The smallest absolute Gasteiger partial charge is 0.312 e. The van der Waals surface area contributed by atoms with Gasteiger partial charge in [-0.15, -0.1) is 11.3 Å². The van der Waals surface area contributed by atoms with Gasteiger partial charge in [0.2, 0.25) is 0 Å². The van der Waals surface area contributed by atoms with E-state index in [1.807, 2.05) is 47.3 Å². The van der Waals surface area contributed by atoms with Crippen LogP contribution in [0.3, 0.4) is 0 Å². The predicted octanol–water partition coefficient (Wildman–Crippen LogP) is 4.29. The number of aromatic nitrogens is 1. The molecule has 0 aliphatic carbocycles. The number of hydrogen-bond acceptors (Lipinski definition) is 6. The van der Waals surface area contributed by atoms with E-state index in [0.29, 0.717) is 11.4 Å². The molecule has 2 aromatic heterocycles. The minimum Gasteiger partial charge on any atom is -0.452 e. The Balaban J connectivity index is 1.53. The van der Waals surface area contributed by atoms with Crippen molar-refractivity contribution >= 4 is 40.2 Å². The number of nitrogens with zero attached hydrogens (tertiary/aromatic N) is 1. The molecule has 3 rings (SSSR count). The van der Waals surface area contributed by atoms with E-state index >= 15 is 0 Å². The minimum atomic E-state index is -0.877. The minimum absolute atomic E-state index is 0.0443. The fourth-order valence-corrected chi connectivity index (χ4v) is 3.85. The second kappa shape index (κ2) is 8.25. The van der Waals surface area contributed by atoms with Gasteiger partial charge in [0.15, 0.2) is 6.10 Å². The number of esters is 1. The van der Waals surface area contributed by atoms with Crippen molar-refractivity contribution in [1.82, 2.24) is 4.98 Å². The van der Waals surface area contributed by atoms with Crippen LogP contribution in [0.5, 0.6) is 0 Å². The lowest BCUT2D eigenvalue weighted by Crippen LogP contribution is -2.30. The van der Waals surface area contributed by atoms with E-state index in [9.17, 15) is 9.59 Å². The molecule has 0 bridgehead atoms. The van der Waals surface area contributed by atoms with Crippen LogP contribution >= 0.6 is 22.7 Å². The van der Waals surface area contributed by atoms with Crippen molar-refractivity contribution in [3.8, 4) is 10.6 Å². The number of hydrogen-bond donors (Lipinski definition) is 1. The summed E-state index contributed by atoms with van der Waals surface area (Å²) in [7, 11) is 0. The van der Waals surface area contributed by atoms with Gasteiger partial charge in [0.25, 0.3) is 5.91 Å². The molecular weight excluding hydrogens is 368 g/mol. The first-order valence-corrected chi connectivity index (χ1v) is 9.87. The number of amides is 1. The molecule has 0 unspecified atom stereocenters. The molecule has 0 saturated carbocycles. The lowest BCUT2D eigenvalue weighted by molar-refractivity contribution is -0.152. The standard InChI is InChI=1S/C19H18N2O3S2/c1-12-4-3-5-15(8-12)20-18(23)13(2)24-17(22)9-16-11-26-19(21-16)14-6-7-25-10-14/h3-8,10-11,13H,9H2,1-2H3,(H,20,23)/t13-/m1/s1. The summed E-state index contributed by atoms with van der Waals surface area (Å²) in [5, 5.41) is 9.46. The van der Waals surface area contributed by atoms with Crippen molar-refractivity contribution in [2.75, 3.05) is 5.32 Å². The van der Waals surface area contributed by atoms with E-state index in [-0.39, 0.29) is 12.3 Å². The molecule has 134 valence electrons. The average molecular weight is 386 g/mol. The van der Waals surface area contributed by atoms with Gasteiger partial charge in [-0.25, -0.2) is 4.98 Å². The highest BCUT2D eigenvalue weighted by Gasteiger charge is 2.19. The zero-order valence-corrected chi connectivity index (χ0v) is 16.0. The average Bonchev–Trinajstić information content (AvgIpc) is 3.25. The molecule has 0 saturated heterocycles. The Morgan fingerprint density at radius 3 is 2.85 bits per heavy atom. The SMILES string of the molecule is Cc1cccc(NC(=O)[C@@H](C)OC(=O)Cc2csc(-c3ccsc3)n2)c1. The lowest BCUT2D eigenvalue weighted by Gasteiger charge is -2.13. The number of rotatable bonds is 6. The Labute approximate surface area is 159 Å². The highest BCUT2D eigenvalue weighted by molar-refractivity contribution is 7.14. The Kier molecular flexibility index (Phi) is 5.80. The number of carbonyl (C=O) groups is 2. The van der Waals surface area contributed by atoms with Crippen LogP contribution in [0.1, 0.15) is 18.2 Å². The van der Waals surface area contributed by atoms with Crippen molar-refractivity contribution in [3.63, 3.8) is 0 Å². The fraction of sp³-hybridized carbons (Fsp3) is 0.211. The van der Waals surface area contributed by atoms with Crippen molar-refractivity contribution in [2.45, 2.75) is 26.4 Å². The molecule has 5 nitrogen and oxygen atoms in total. The zero-order valence-electron chi connectivity index (χ0n) is 14.4. The molecule has 1 amide bonds. The molecule has 0 radical (unpaired) electrons. The second-order valence-electron chi connectivity index (χ2n) is 5.82. The first kappa shape index (κ1) is 18.3. The number of ether oxygens (including phenoxy) is 1. The molecule has 0 aliphatic heterocycles. The molecule has 7 heteroatoms. The van der Waals surface area contributed by atoms with E-state index in [0.717, 1.165) is 16.1 Å². The van der Waals surface area contributed by atoms with Gasteiger partial charge in [-0.2, -0.15) is 11.3 Å². The number of anilines is 1. The van der Waals surface area contributed by atoms with Gasteiger partial charge in [0, 0.05) is 22.0 Å². The summed E-state index contributed by atoms with van der Waals surface area (Å²) in [6, 6.07) is 9.43. The van der Waals surface area contributed by atoms with Gasteiger partial charge in [-0.3, -0.25) is 9.59 Å². The molecule has 26 heavy (non-hydrogen) atoms. The summed E-state index contributed by atoms with van der Waals surface area (Å²) in [5.41, 5.74) is 3.41. The molecular formula is C19H18N2O3S2. The van der Waals surface area contributed by atoms with Crippen LogP contribution in [-0.2, 0) is 20.7 Å². The van der Waals surface area contributed by atoms with Crippen LogP contribution in [-0.4, -0.2) is 23.0 Å². The summed E-state index contributed by atoms with van der Waals surface area (Å²) in [6.45, 7) is 3.50. The third kappa shape index (κ3) is 4.77. The molecule has 0 aliphatic rings. The molecule has 2 heterocycles. The number of thiazole rings is 1. The quantitative estimate of drug-likeness (QED) is 0.642. The van der Waals surface area contributed by atoms with Gasteiger partial charge in [0.1, 0.15) is 5.01 Å². The highest BCUT2D eigenvalue weighted by Crippen LogP contribution is 2.25. The lowest BCUT2D eigenvalue weighted by atomic mass is 10.2. The number of carbonyl (C=O) groups excluding carboxylic acids is 2. The number of thiophene rings is 1. The summed E-state index contributed by atoms with van der Waals surface area (Å²) in [6.07, 6.45) is -0.833. The largest absolute Gasteiger partial charge is 0.452 e. The van der Waals surface area contributed by atoms with Crippen LogP contribution in [0.25, 0.3) is 10.6 Å². The molecule has 0 spiro atoms. The fourth-order valence-electron chi connectivity index (χ4n) is 2.31. The van der Waals surface area contributed by atoms with E-state index in [2.05, 4.69) is 10.3 Å². The van der Waals surface area contributed by atoms with Gasteiger partial charge < -0.3 is 10.1 Å². The van der Waals surface area contributed by atoms with Crippen LogP contribution in [0.2, 0.25) is 0 Å². The topological polar surface area (TPSA) is 68.3 Å². The van der Waals surface area contributed by atoms with E-state index < -0.39 is 12.1 Å². The zero-order chi connectivity index (χ0) is 18.5. The van der Waals surface area contributed by atoms with Gasteiger partial charge in [-0.05, 0) is 43.0 Å². The number of nitrogens with one attached hydrogen (secondary N) is 1. The van der Waals surface area contributed by atoms with Crippen LogP contribution in [0.4, 0.5) is 5.69 Å². The monoisotopic (exact) mass is 386 g/mol. The van der Waals surface area contributed by atoms with Gasteiger partial charge in [0.05, 0.1) is 12.1 Å². The maximum absolute atomic E-state index is 12.2. The van der Waals surface area contributed by atoms with Crippen LogP contribution < -0.4 is 5.32 Å². The van der Waals surface area contributed by atoms with Crippen molar-refractivity contribution in [2.24, 2.45) is 0 Å². The molecule has 1 atom stereocenters. The van der Waals surface area contributed by atoms with Crippen LogP contribution in [0.15, 0.2) is 46.5 Å². The van der Waals surface area contributed by atoms with Crippen molar-refractivity contribution in [1.29, 1.82) is 0 Å². The maximum atomic E-state index is 12.2. The first-order chi connectivity index (χ1) is 12.5. The van der Waals surface area contributed by atoms with E-state index in [1.165, 1.54) is 11.3 Å². The van der Waals surface area contributed by atoms with Crippen molar-refractivity contribution in [3.05, 3.63) is 57.7 Å². The van der Waals surface area contributed by atoms with E-state index in [4.69, 9.17) is 4.74 Å². The Hall–Kier alpha value is -2.51. The normalized spacial score (nSPS) is 11.8. The predicted molar refractivity (Wildman–Crippen MR) is 104 cm³/mol. The third-order valence-electron chi connectivity index (χ3n) is 3.61. The summed E-state index contributed by atoms with van der Waals surface area (Å²) in [5.74, 6) is -0.833. The third-order valence-corrected chi connectivity index (χ3v) is 5.23. The first-order valence-electron chi connectivity index (χ1n) is 8.05. The van der Waals surface area contributed by atoms with Crippen molar-refractivity contribution < 1.29 is 14.3 Å². The summed E-state index contributed by atoms with van der Waals surface area (Å²) < 4.78 is 5.23. The summed E-state index contributed by atoms with van der Waals surface area (Å²) in [4.78, 5) is 28.7. The number of aryl methyl sites for hydroxylation is 1.